The Morgan fingerprint density at radius 2 is 1.48 bits per heavy atom. The van der Waals surface area contributed by atoms with Gasteiger partial charge in [0.25, 0.3) is 11.8 Å². The van der Waals surface area contributed by atoms with Gasteiger partial charge in [0.05, 0.1) is 32.5 Å². The van der Waals surface area contributed by atoms with E-state index in [4.69, 9.17) is 14.2 Å². The number of hydrogen-bond acceptors (Lipinski definition) is 6. The number of carboxylic acid groups (broad SMARTS) is 1. The lowest BCUT2D eigenvalue weighted by atomic mass is 10.0. The molecule has 0 radical (unpaired) electrons. The highest BCUT2D eigenvalue weighted by Crippen LogP contribution is 2.38. The highest BCUT2D eigenvalue weighted by Gasteiger charge is 2.42. The van der Waals surface area contributed by atoms with Crippen LogP contribution in [0.15, 0.2) is 36.4 Å². The lowest BCUT2D eigenvalue weighted by molar-refractivity contribution is -0.141. The molecule has 0 saturated heterocycles. The Balaban J connectivity index is 1.86. The minimum absolute atomic E-state index is 0.0411. The summed E-state index contributed by atoms with van der Waals surface area (Å²) in [6, 6.07) is 8.45. The summed E-state index contributed by atoms with van der Waals surface area (Å²) in [4.78, 5) is 38.0. The average Bonchev–Trinajstić information content (AvgIpc) is 2.98. The molecule has 1 aliphatic heterocycles. The van der Waals surface area contributed by atoms with Gasteiger partial charge >= 0.3 is 5.97 Å². The average molecular weight is 399 g/mol. The van der Waals surface area contributed by atoms with Gasteiger partial charge in [-0.3, -0.25) is 14.5 Å². The van der Waals surface area contributed by atoms with Crippen LogP contribution in [0.25, 0.3) is 0 Å². The van der Waals surface area contributed by atoms with Crippen molar-refractivity contribution >= 4 is 17.8 Å². The van der Waals surface area contributed by atoms with Crippen LogP contribution in [0.4, 0.5) is 0 Å². The molecule has 1 aliphatic rings. The van der Waals surface area contributed by atoms with E-state index < -0.39 is 23.8 Å². The highest BCUT2D eigenvalue weighted by molar-refractivity contribution is 6.22. The van der Waals surface area contributed by atoms with Crippen LogP contribution in [0, 0.1) is 0 Å². The summed E-state index contributed by atoms with van der Waals surface area (Å²) in [6.07, 6.45) is 0.320. The number of methoxy groups -OCH3 is 3. The summed E-state index contributed by atoms with van der Waals surface area (Å²) < 4.78 is 15.9. The predicted molar refractivity (Wildman–Crippen MR) is 103 cm³/mol. The number of nitrogens with zero attached hydrogens (tertiary/aromatic N) is 1. The van der Waals surface area contributed by atoms with Gasteiger partial charge < -0.3 is 19.3 Å². The zero-order valence-corrected chi connectivity index (χ0v) is 16.3. The third kappa shape index (κ3) is 3.61. The number of carbonyl (C=O) groups is 3. The molecule has 1 N–H and O–H groups in total. The van der Waals surface area contributed by atoms with E-state index in [1.54, 1.807) is 24.3 Å². The van der Waals surface area contributed by atoms with Crippen molar-refractivity contribution in [3.05, 3.63) is 53.1 Å². The number of carbonyl (C=O) groups excluding carboxylic acids is 2. The number of aliphatic carboxylic acids is 1. The van der Waals surface area contributed by atoms with Crippen molar-refractivity contribution in [1.82, 2.24) is 4.90 Å². The van der Waals surface area contributed by atoms with Crippen molar-refractivity contribution in [3.63, 3.8) is 0 Å². The zero-order chi connectivity index (χ0) is 21.1. The van der Waals surface area contributed by atoms with E-state index in [1.807, 2.05) is 0 Å². The topological polar surface area (TPSA) is 102 Å². The molecule has 3 rings (SSSR count). The minimum Gasteiger partial charge on any atom is -0.493 e. The maximum atomic E-state index is 12.6. The van der Waals surface area contributed by atoms with E-state index in [0.717, 1.165) is 10.5 Å². The largest absolute Gasteiger partial charge is 0.493 e. The monoisotopic (exact) mass is 399 g/mol. The normalized spacial score (nSPS) is 13.8. The number of carboxylic acids is 1. The standard InChI is InChI=1S/C21H21NO7/c1-27-16-10-12(11-17(28-2)18(16)29-3)8-9-15(21(25)26)22-19(23)13-6-4-5-7-14(13)20(22)24/h4-7,10-11,15H,8-9H2,1-3H3,(H,25,26). The number of aryl methyl sites for hydroxylation is 1. The number of rotatable bonds is 8. The van der Waals surface area contributed by atoms with Crippen LogP contribution in [0.3, 0.4) is 0 Å². The minimum atomic E-state index is -1.29. The van der Waals surface area contributed by atoms with Crippen LogP contribution in [0.2, 0.25) is 0 Å². The highest BCUT2D eigenvalue weighted by atomic mass is 16.5. The van der Waals surface area contributed by atoms with Gasteiger partial charge in [-0.15, -0.1) is 0 Å². The van der Waals surface area contributed by atoms with E-state index in [2.05, 4.69) is 0 Å². The molecule has 0 aromatic heterocycles. The van der Waals surface area contributed by atoms with Crippen molar-refractivity contribution < 1.29 is 33.7 Å². The first-order valence-corrected chi connectivity index (χ1v) is 8.91. The fourth-order valence-electron chi connectivity index (χ4n) is 3.44. The van der Waals surface area contributed by atoms with Gasteiger partial charge in [-0.2, -0.15) is 0 Å². The SMILES string of the molecule is COc1cc(CCC(C(=O)O)N2C(=O)c3ccccc3C2=O)cc(OC)c1OC. The molecule has 0 saturated carbocycles. The number of hydrogen-bond donors (Lipinski definition) is 1. The fraction of sp³-hybridized carbons (Fsp3) is 0.286. The first-order valence-electron chi connectivity index (χ1n) is 8.91. The number of fused-ring (bicyclic) bond motifs is 1. The molecule has 0 bridgehead atoms. The Kier molecular flexibility index (Phi) is 5.72. The van der Waals surface area contributed by atoms with Crippen molar-refractivity contribution in [1.29, 1.82) is 0 Å². The van der Waals surface area contributed by atoms with E-state index in [1.165, 1.54) is 33.5 Å². The lowest BCUT2D eigenvalue weighted by Crippen LogP contribution is -2.45. The van der Waals surface area contributed by atoms with Crippen molar-refractivity contribution in [3.8, 4) is 17.2 Å². The van der Waals surface area contributed by atoms with Gasteiger partial charge in [0.2, 0.25) is 5.75 Å². The van der Waals surface area contributed by atoms with Gasteiger partial charge in [-0.25, -0.2) is 4.79 Å². The van der Waals surface area contributed by atoms with Gasteiger partial charge in [-0.1, -0.05) is 12.1 Å². The Hall–Kier alpha value is -3.55. The third-order valence-electron chi connectivity index (χ3n) is 4.85. The van der Waals surface area contributed by atoms with E-state index in [-0.39, 0.29) is 24.0 Å². The van der Waals surface area contributed by atoms with Crippen LogP contribution in [-0.4, -0.2) is 55.2 Å². The number of imide groups is 1. The molecule has 1 heterocycles. The fourth-order valence-corrected chi connectivity index (χ4v) is 3.44. The molecular formula is C21H21NO7. The molecule has 8 nitrogen and oxygen atoms in total. The molecule has 2 amide bonds. The summed E-state index contributed by atoms with van der Waals surface area (Å²) in [7, 11) is 4.46. The van der Waals surface area contributed by atoms with Gasteiger partial charge in [0.15, 0.2) is 11.5 Å². The second-order valence-electron chi connectivity index (χ2n) is 6.45. The smallest absolute Gasteiger partial charge is 0.326 e. The molecule has 29 heavy (non-hydrogen) atoms. The molecule has 152 valence electrons. The molecule has 8 heteroatoms. The first kappa shape index (κ1) is 20.2. The number of benzene rings is 2. The predicted octanol–water partition coefficient (Wildman–Crippen LogP) is 2.39. The summed E-state index contributed by atoms with van der Waals surface area (Å²) >= 11 is 0. The van der Waals surface area contributed by atoms with Crippen molar-refractivity contribution in [2.75, 3.05) is 21.3 Å². The van der Waals surface area contributed by atoms with Crippen molar-refractivity contribution in [2.45, 2.75) is 18.9 Å². The van der Waals surface area contributed by atoms with Gasteiger partial charge in [0.1, 0.15) is 6.04 Å². The van der Waals surface area contributed by atoms with Crippen LogP contribution < -0.4 is 14.2 Å². The summed E-state index contributed by atoms with van der Waals surface area (Å²) in [5.41, 5.74) is 1.16. The maximum Gasteiger partial charge on any atom is 0.326 e. The van der Waals surface area contributed by atoms with Crippen LogP contribution in [-0.2, 0) is 11.2 Å². The van der Waals surface area contributed by atoms with Crippen molar-refractivity contribution in [2.24, 2.45) is 0 Å². The third-order valence-corrected chi connectivity index (χ3v) is 4.85. The Labute approximate surface area is 167 Å². The number of amides is 2. The Bertz CT molecular complexity index is 909. The van der Waals surface area contributed by atoms with E-state index in [0.29, 0.717) is 17.2 Å². The lowest BCUT2D eigenvalue weighted by Gasteiger charge is -2.23. The molecule has 0 fully saturated rings. The molecular weight excluding hydrogens is 378 g/mol. The summed E-state index contributed by atoms with van der Waals surface area (Å²) in [5.74, 6) is -1.13. The second kappa shape index (κ2) is 8.22. The quantitative estimate of drug-likeness (QED) is 0.680. The second-order valence-corrected chi connectivity index (χ2v) is 6.45. The van der Waals surface area contributed by atoms with E-state index in [9.17, 15) is 19.5 Å². The summed E-state index contributed by atoms with van der Waals surface area (Å²) in [5, 5.41) is 9.69. The molecule has 1 atom stereocenters. The Morgan fingerprint density at radius 3 is 1.90 bits per heavy atom. The van der Waals surface area contributed by atoms with Crippen LogP contribution in [0.5, 0.6) is 17.2 Å². The van der Waals surface area contributed by atoms with Crippen LogP contribution in [0.1, 0.15) is 32.7 Å². The zero-order valence-electron chi connectivity index (χ0n) is 16.3. The van der Waals surface area contributed by atoms with Gasteiger partial charge in [0, 0.05) is 0 Å². The van der Waals surface area contributed by atoms with E-state index >= 15 is 0 Å². The number of ether oxygens (including phenoxy) is 3. The van der Waals surface area contributed by atoms with Gasteiger partial charge in [-0.05, 0) is 42.7 Å². The summed E-state index contributed by atoms with van der Waals surface area (Å²) in [6.45, 7) is 0. The molecule has 2 aromatic carbocycles. The maximum absolute atomic E-state index is 12.6. The molecule has 1 unspecified atom stereocenters. The molecule has 2 aromatic rings. The molecule has 0 spiro atoms. The molecule has 0 aliphatic carbocycles. The Morgan fingerprint density at radius 1 is 0.966 bits per heavy atom. The van der Waals surface area contributed by atoms with Crippen LogP contribution >= 0.6 is 0 Å². The first-order chi connectivity index (χ1) is 13.9.